The van der Waals surface area contributed by atoms with Gasteiger partial charge in [-0.2, -0.15) is 0 Å². The molecule has 200 valence electrons. The van der Waals surface area contributed by atoms with Crippen LogP contribution in [0.5, 0.6) is 23.3 Å². The minimum absolute atomic E-state index is 0. The summed E-state index contributed by atoms with van der Waals surface area (Å²) in [6, 6.07) is 2.93. The maximum atomic E-state index is 13.6. The van der Waals surface area contributed by atoms with E-state index in [0.29, 0.717) is 19.3 Å². The number of fused-ring (bicyclic) bond motifs is 2. The van der Waals surface area contributed by atoms with E-state index < -0.39 is 34.3 Å². The van der Waals surface area contributed by atoms with Gasteiger partial charge in [-0.15, -0.1) is 0 Å². The van der Waals surface area contributed by atoms with Crippen molar-refractivity contribution in [1.29, 1.82) is 0 Å². The maximum absolute atomic E-state index is 13.6. The summed E-state index contributed by atoms with van der Waals surface area (Å²) in [4.78, 5) is 56.7. The van der Waals surface area contributed by atoms with Crippen LogP contribution >= 0.6 is 11.6 Å². The fraction of sp³-hybridized carbons (Fsp3) is 0.417. The van der Waals surface area contributed by atoms with E-state index in [1.807, 2.05) is 13.8 Å². The Labute approximate surface area is 216 Å². The standard InChI is InChI=1S/C24H27ClN4O7.H3N/c1-4-6-8-28-21(31)16(19(30)26-23(28)33)15-13-10-12(25)11-14(35-3)18(13)36-20-17(15)22(32)29(9-7-5-2)24(34)27-20;/h10-11,15,31H,4-9H2,1-3H3,(H,27,34)(H,26,30,33);1H3. The second-order valence-corrected chi connectivity index (χ2v) is 8.96. The minimum atomic E-state index is -1.28. The summed E-state index contributed by atoms with van der Waals surface area (Å²) in [6.07, 6.45) is 2.52. The Hall–Kier alpha value is -3.77. The molecule has 6 N–H and O–H groups in total. The summed E-state index contributed by atoms with van der Waals surface area (Å²) in [5, 5.41) is 13.8. The number of nitrogens with one attached hydrogen (secondary N) is 2. The molecule has 3 aromatic rings. The van der Waals surface area contributed by atoms with Crippen LogP contribution in [-0.2, 0) is 13.1 Å². The predicted octanol–water partition coefficient (Wildman–Crippen LogP) is 2.38. The number of ether oxygens (including phenoxy) is 2. The molecule has 1 aliphatic rings. The van der Waals surface area contributed by atoms with Crippen molar-refractivity contribution in [3.05, 3.63) is 75.5 Å². The minimum Gasteiger partial charge on any atom is -0.860 e. The molecule has 0 fully saturated rings. The zero-order chi connectivity index (χ0) is 26.1. The molecular formula is C24H30ClN5O7. The lowest BCUT2D eigenvalue weighted by atomic mass is 9.84. The molecule has 12 nitrogen and oxygen atoms in total. The Kier molecular flexibility index (Phi) is 8.34. The van der Waals surface area contributed by atoms with Gasteiger partial charge >= 0.3 is 11.4 Å². The van der Waals surface area contributed by atoms with Crippen molar-refractivity contribution in [3.63, 3.8) is 0 Å². The third-order valence-corrected chi connectivity index (χ3v) is 6.42. The average molecular weight is 536 g/mol. The van der Waals surface area contributed by atoms with Gasteiger partial charge in [-0.1, -0.05) is 38.3 Å². The third-order valence-electron chi connectivity index (χ3n) is 6.20. The van der Waals surface area contributed by atoms with Gasteiger partial charge in [-0.05, 0) is 24.8 Å². The molecule has 0 saturated carbocycles. The number of aromatic nitrogens is 4. The van der Waals surface area contributed by atoms with Crippen molar-refractivity contribution in [2.24, 2.45) is 0 Å². The zero-order valence-electron chi connectivity index (χ0n) is 21.1. The molecule has 2 aromatic heterocycles. The molecule has 0 aliphatic carbocycles. The van der Waals surface area contributed by atoms with Crippen LogP contribution in [-0.4, -0.2) is 26.2 Å². The molecule has 0 bridgehead atoms. The molecule has 0 amide bonds. The lowest BCUT2D eigenvalue weighted by molar-refractivity contribution is -0.281. The van der Waals surface area contributed by atoms with Gasteiger partial charge < -0.3 is 25.3 Å². The first-order valence-electron chi connectivity index (χ1n) is 11.7. The van der Waals surface area contributed by atoms with E-state index in [1.54, 1.807) is 0 Å². The summed E-state index contributed by atoms with van der Waals surface area (Å²) < 4.78 is 13.2. The van der Waals surface area contributed by atoms with Gasteiger partial charge in [0, 0.05) is 35.3 Å². The van der Waals surface area contributed by atoms with Crippen LogP contribution in [0.2, 0.25) is 5.02 Å². The number of aromatic amines is 2. The van der Waals surface area contributed by atoms with E-state index in [2.05, 4.69) is 9.97 Å². The predicted molar refractivity (Wildman–Crippen MR) is 137 cm³/mol. The molecule has 1 atom stereocenters. The normalized spacial score (nSPS) is 13.8. The summed E-state index contributed by atoms with van der Waals surface area (Å²) >= 11 is 6.31. The van der Waals surface area contributed by atoms with Crippen LogP contribution in [0.25, 0.3) is 0 Å². The molecule has 4 rings (SSSR count). The first kappa shape index (κ1) is 27.8. The van der Waals surface area contributed by atoms with E-state index in [4.69, 9.17) is 21.1 Å². The molecule has 0 spiro atoms. The van der Waals surface area contributed by atoms with Crippen LogP contribution in [0.3, 0.4) is 0 Å². The van der Waals surface area contributed by atoms with Crippen molar-refractivity contribution in [3.8, 4) is 23.3 Å². The average Bonchev–Trinajstić information content (AvgIpc) is 2.83. The van der Waals surface area contributed by atoms with Gasteiger partial charge in [0.25, 0.3) is 11.1 Å². The second-order valence-electron chi connectivity index (χ2n) is 8.53. The number of rotatable bonds is 8. The molecule has 0 radical (unpaired) electrons. The summed E-state index contributed by atoms with van der Waals surface area (Å²) in [7, 11) is 1.38. The first-order chi connectivity index (χ1) is 17.2. The highest BCUT2D eigenvalue weighted by Crippen LogP contribution is 2.50. The van der Waals surface area contributed by atoms with Crippen molar-refractivity contribution in [1.82, 2.24) is 25.3 Å². The summed E-state index contributed by atoms with van der Waals surface area (Å²) in [6.45, 7) is 4.03. The quantitative estimate of drug-likeness (QED) is 0.308. The van der Waals surface area contributed by atoms with Crippen LogP contribution in [0.1, 0.15) is 62.1 Å². The number of nitrogens with zero attached hydrogens (tertiary/aromatic N) is 2. The van der Waals surface area contributed by atoms with E-state index >= 15 is 0 Å². The number of hydrogen-bond acceptors (Lipinski definition) is 7. The Bertz CT molecular complexity index is 1550. The number of H-pyrrole nitrogens is 2. The molecule has 3 heterocycles. The van der Waals surface area contributed by atoms with Crippen molar-refractivity contribution < 1.29 is 14.6 Å². The third kappa shape index (κ3) is 4.81. The van der Waals surface area contributed by atoms with Gasteiger partial charge in [0.15, 0.2) is 11.5 Å². The van der Waals surface area contributed by atoms with Crippen molar-refractivity contribution in [2.45, 2.75) is 58.5 Å². The topological polar surface area (TPSA) is 188 Å². The van der Waals surface area contributed by atoms with E-state index in [9.17, 15) is 24.3 Å². The van der Waals surface area contributed by atoms with Crippen LogP contribution < -0.4 is 43.2 Å². The lowest BCUT2D eigenvalue weighted by Crippen LogP contribution is -2.42. The highest BCUT2D eigenvalue weighted by molar-refractivity contribution is 6.30. The molecule has 1 aliphatic heterocycles. The highest BCUT2D eigenvalue weighted by Gasteiger charge is 2.38. The molecule has 37 heavy (non-hydrogen) atoms. The largest absolute Gasteiger partial charge is 0.860 e. The van der Waals surface area contributed by atoms with Gasteiger partial charge in [0.05, 0.1) is 18.6 Å². The monoisotopic (exact) mass is 535 g/mol. The second kappa shape index (κ2) is 11.1. The number of unbranched alkanes of at least 4 members (excludes halogenated alkanes) is 2. The fourth-order valence-electron chi connectivity index (χ4n) is 4.38. The van der Waals surface area contributed by atoms with E-state index in [0.717, 1.165) is 15.6 Å². The maximum Gasteiger partial charge on any atom is 0.331 e. The number of methoxy groups -OCH3 is 1. The van der Waals surface area contributed by atoms with Gasteiger partial charge in [0.1, 0.15) is 0 Å². The van der Waals surface area contributed by atoms with Crippen molar-refractivity contribution in [2.75, 3.05) is 7.11 Å². The van der Waals surface area contributed by atoms with Crippen LogP contribution in [0, 0.1) is 0 Å². The summed E-state index contributed by atoms with van der Waals surface area (Å²) in [5.74, 6) is -2.05. The fourth-order valence-corrected chi connectivity index (χ4v) is 4.60. The molecule has 0 saturated heterocycles. The Morgan fingerprint density at radius 3 is 2.24 bits per heavy atom. The first-order valence-corrected chi connectivity index (χ1v) is 12.1. The number of benzene rings is 1. The van der Waals surface area contributed by atoms with Gasteiger partial charge in [-0.25, -0.2) is 9.59 Å². The molecule has 13 heteroatoms. The van der Waals surface area contributed by atoms with Crippen LogP contribution in [0.4, 0.5) is 0 Å². The van der Waals surface area contributed by atoms with E-state index in [1.165, 1.54) is 19.2 Å². The number of hydrogen-bond donors (Lipinski definition) is 3. The zero-order valence-corrected chi connectivity index (χ0v) is 21.9. The number of quaternary nitrogens is 1. The smallest absolute Gasteiger partial charge is 0.331 e. The van der Waals surface area contributed by atoms with Gasteiger partial charge in [0.2, 0.25) is 5.88 Å². The molecular weight excluding hydrogens is 506 g/mol. The SMILES string of the molecule is CCCCn1c([O-])c(C2c3cc(Cl)cc(OC)c3Oc3[nH]c(=O)n(CCCC)c(=O)c32)c(=O)[nH]c1=O.[NH4+]. The molecule has 1 aromatic carbocycles. The highest BCUT2D eigenvalue weighted by atomic mass is 35.5. The van der Waals surface area contributed by atoms with E-state index in [-0.39, 0.29) is 58.3 Å². The number of halogens is 1. The Morgan fingerprint density at radius 2 is 1.62 bits per heavy atom. The molecule has 1 unspecified atom stereocenters. The van der Waals surface area contributed by atoms with Crippen LogP contribution in [0.15, 0.2) is 31.3 Å². The van der Waals surface area contributed by atoms with Gasteiger partial charge in [-0.3, -0.25) is 24.1 Å². The Morgan fingerprint density at radius 1 is 1.00 bits per heavy atom. The lowest BCUT2D eigenvalue weighted by Gasteiger charge is -2.31. The Balaban J connectivity index is 0.00000380. The summed E-state index contributed by atoms with van der Waals surface area (Å²) in [5.41, 5.74) is -3.40. The van der Waals surface area contributed by atoms with Crippen molar-refractivity contribution >= 4 is 11.6 Å².